The molecule has 0 radical (unpaired) electrons. The summed E-state index contributed by atoms with van der Waals surface area (Å²) in [5, 5.41) is 17.5. The van der Waals surface area contributed by atoms with Crippen LogP contribution in [0.4, 0.5) is 11.4 Å². The number of aryl methyl sites for hydroxylation is 1. The molecule has 0 bridgehead atoms. The lowest BCUT2D eigenvalue weighted by Gasteiger charge is -2.07. The van der Waals surface area contributed by atoms with E-state index in [1.165, 1.54) is 24.3 Å². The van der Waals surface area contributed by atoms with Gasteiger partial charge in [-0.25, -0.2) is 0 Å². The van der Waals surface area contributed by atoms with Crippen LogP contribution in [0.5, 0.6) is 0 Å². The molecule has 0 saturated heterocycles. The summed E-state index contributed by atoms with van der Waals surface area (Å²) in [6.07, 6.45) is 2.23. The molecule has 3 N–H and O–H groups in total. The van der Waals surface area contributed by atoms with Crippen molar-refractivity contribution in [3.8, 4) is 6.07 Å². The largest absolute Gasteiger partial charge is 0.389 e. The Morgan fingerprint density at radius 1 is 1.04 bits per heavy atom. The third-order valence-corrected chi connectivity index (χ3v) is 3.87. The molecule has 0 saturated carbocycles. The lowest BCUT2D eigenvalue weighted by molar-refractivity contribution is -0.114. The van der Waals surface area contributed by atoms with Gasteiger partial charge in [0.05, 0.1) is 0 Å². The van der Waals surface area contributed by atoms with Gasteiger partial charge in [-0.3, -0.25) is 9.59 Å². The van der Waals surface area contributed by atoms with Crippen molar-refractivity contribution in [2.45, 2.75) is 20.3 Å². The van der Waals surface area contributed by atoms with E-state index in [1.807, 2.05) is 18.2 Å². The fraction of sp³-hybridized carbons (Fsp3) is 0.190. The van der Waals surface area contributed by atoms with Crippen LogP contribution in [0.15, 0.2) is 60.3 Å². The van der Waals surface area contributed by atoms with Crippen molar-refractivity contribution in [3.63, 3.8) is 0 Å². The number of nitrogens with one attached hydrogen (secondary N) is 3. The van der Waals surface area contributed by atoms with Crippen LogP contribution in [0.1, 0.15) is 18.1 Å². The van der Waals surface area contributed by atoms with Gasteiger partial charge in [0.25, 0.3) is 5.91 Å². The molecule has 0 heterocycles. The van der Waals surface area contributed by atoms with Crippen LogP contribution in [0.2, 0.25) is 0 Å². The average molecular weight is 362 g/mol. The number of rotatable bonds is 7. The number of carbonyl (C=O) groups is 2. The number of hydrogen-bond donors (Lipinski definition) is 3. The van der Waals surface area contributed by atoms with Crippen molar-refractivity contribution in [2.75, 3.05) is 17.2 Å². The number of anilines is 2. The monoisotopic (exact) mass is 362 g/mol. The second-order valence-corrected chi connectivity index (χ2v) is 6.01. The predicted molar refractivity (Wildman–Crippen MR) is 106 cm³/mol. The maximum Gasteiger partial charge on any atom is 0.267 e. The number of nitriles is 1. The summed E-state index contributed by atoms with van der Waals surface area (Å²) >= 11 is 0. The molecule has 6 nitrogen and oxygen atoms in total. The minimum atomic E-state index is -0.492. The Morgan fingerprint density at radius 2 is 1.67 bits per heavy atom. The first-order chi connectivity index (χ1) is 13.0. The number of amides is 2. The normalized spacial score (nSPS) is 10.6. The van der Waals surface area contributed by atoms with E-state index < -0.39 is 5.91 Å². The first-order valence-electron chi connectivity index (χ1n) is 8.57. The van der Waals surface area contributed by atoms with E-state index in [9.17, 15) is 14.9 Å². The quantitative estimate of drug-likeness (QED) is 0.401. The van der Waals surface area contributed by atoms with Gasteiger partial charge in [-0.2, -0.15) is 5.26 Å². The van der Waals surface area contributed by atoms with Crippen LogP contribution >= 0.6 is 0 Å². The first-order valence-corrected chi connectivity index (χ1v) is 8.57. The van der Waals surface area contributed by atoms with Crippen LogP contribution in [0.25, 0.3) is 0 Å². The third-order valence-electron chi connectivity index (χ3n) is 3.87. The molecule has 0 spiro atoms. The van der Waals surface area contributed by atoms with Crippen LogP contribution in [-0.4, -0.2) is 18.4 Å². The Morgan fingerprint density at radius 3 is 2.26 bits per heavy atom. The Hall–Kier alpha value is -3.59. The molecule has 0 unspecified atom stereocenters. The summed E-state index contributed by atoms with van der Waals surface area (Å²) in [6.45, 7) is 4.09. The molecule has 0 aliphatic rings. The summed E-state index contributed by atoms with van der Waals surface area (Å²) < 4.78 is 0. The molecule has 2 rings (SSSR count). The van der Waals surface area contributed by atoms with E-state index in [1.54, 1.807) is 24.3 Å². The standard InChI is InChI=1S/C21H22N4O2/c1-15-5-3-4-6-17(15)11-12-23-14-18(13-22)21(27)25-20-9-7-19(8-10-20)24-16(2)26/h3-10,14,23H,11-12H2,1-2H3,(H,24,26)(H,25,27)/b18-14-. The van der Waals surface area contributed by atoms with E-state index in [4.69, 9.17) is 0 Å². The fourth-order valence-corrected chi connectivity index (χ4v) is 2.46. The zero-order valence-electron chi connectivity index (χ0n) is 15.4. The van der Waals surface area contributed by atoms with Crippen LogP contribution in [-0.2, 0) is 16.0 Å². The second kappa shape index (κ2) is 9.78. The fourth-order valence-electron chi connectivity index (χ4n) is 2.46. The third kappa shape index (κ3) is 6.33. The molecule has 0 atom stereocenters. The molecule has 27 heavy (non-hydrogen) atoms. The van der Waals surface area contributed by atoms with Crippen LogP contribution in [0.3, 0.4) is 0 Å². The highest BCUT2D eigenvalue weighted by Gasteiger charge is 2.09. The van der Waals surface area contributed by atoms with Crippen LogP contribution in [0, 0.1) is 18.3 Å². The Labute approximate surface area is 158 Å². The Balaban J connectivity index is 1.89. The zero-order valence-corrected chi connectivity index (χ0v) is 15.4. The van der Waals surface area contributed by atoms with Crippen molar-refractivity contribution in [3.05, 3.63) is 71.4 Å². The highest BCUT2D eigenvalue weighted by atomic mass is 16.2. The minimum Gasteiger partial charge on any atom is -0.389 e. The molecule has 138 valence electrons. The molecular weight excluding hydrogens is 340 g/mol. The van der Waals surface area contributed by atoms with Gasteiger partial charge in [-0.15, -0.1) is 0 Å². The van der Waals surface area contributed by atoms with Gasteiger partial charge in [0.15, 0.2) is 0 Å². The molecule has 0 aromatic heterocycles. The number of hydrogen-bond acceptors (Lipinski definition) is 4. The van der Waals surface area contributed by atoms with E-state index in [0.717, 1.165) is 6.42 Å². The second-order valence-electron chi connectivity index (χ2n) is 6.01. The van der Waals surface area contributed by atoms with Crippen LogP contribution < -0.4 is 16.0 Å². The summed E-state index contributed by atoms with van der Waals surface area (Å²) in [5.74, 6) is -0.661. The van der Waals surface area contributed by atoms with E-state index in [-0.39, 0.29) is 11.5 Å². The van der Waals surface area contributed by atoms with E-state index in [2.05, 4.69) is 35.0 Å². The van der Waals surface area contributed by atoms with Crippen molar-refractivity contribution in [2.24, 2.45) is 0 Å². The van der Waals surface area contributed by atoms with Gasteiger partial charge in [0.1, 0.15) is 11.6 Å². The van der Waals surface area contributed by atoms with E-state index >= 15 is 0 Å². The average Bonchev–Trinajstić information content (AvgIpc) is 2.64. The molecular formula is C21H22N4O2. The minimum absolute atomic E-state index is 0.00859. The predicted octanol–water partition coefficient (Wildman–Crippen LogP) is 3.13. The zero-order chi connectivity index (χ0) is 19.6. The summed E-state index contributed by atoms with van der Waals surface area (Å²) in [4.78, 5) is 23.2. The highest BCUT2D eigenvalue weighted by Crippen LogP contribution is 2.14. The maximum absolute atomic E-state index is 12.2. The summed E-state index contributed by atoms with van der Waals surface area (Å²) in [5.41, 5.74) is 3.60. The highest BCUT2D eigenvalue weighted by molar-refractivity contribution is 6.06. The maximum atomic E-state index is 12.2. The van der Waals surface area contributed by atoms with Gasteiger partial charge in [0.2, 0.25) is 5.91 Å². The van der Waals surface area contributed by atoms with Gasteiger partial charge >= 0.3 is 0 Å². The lowest BCUT2D eigenvalue weighted by Crippen LogP contribution is -2.18. The number of benzene rings is 2. The van der Waals surface area contributed by atoms with Crippen molar-refractivity contribution < 1.29 is 9.59 Å². The molecule has 0 aliphatic heterocycles. The summed E-state index contributed by atoms with van der Waals surface area (Å²) in [7, 11) is 0. The van der Waals surface area contributed by atoms with E-state index in [0.29, 0.717) is 17.9 Å². The smallest absolute Gasteiger partial charge is 0.267 e. The number of nitrogens with zero attached hydrogens (tertiary/aromatic N) is 1. The summed E-state index contributed by atoms with van der Waals surface area (Å²) in [6, 6.07) is 16.7. The molecule has 2 aromatic carbocycles. The van der Waals surface area contributed by atoms with Gasteiger partial charge in [-0.05, 0) is 48.7 Å². The molecule has 6 heteroatoms. The SMILES string of the molecule is CC(=O)Nc1ccc(NC(=O)/C(C#N)=C\NCCc2ccccc2C)cc1. The Bertz CT molecular complexity index is 880. The lowest BCUT2D eigenvalue weighted by atomic mass is 10.1. The van der Waals surface area contributed by atoms with Crippen molar-refractivity contribution >= 4 is 23.2 Å². The van der Waals surface area contributed by atoms with Crippen molar-refractivity contribution in [1.82, 2.24) is 5.32 Å². The molecule has 0 aliphatic carbocycles. The molecule has 0 fully saturated rings. The topological polar surface area (TPSA) is 94.0 Å². The first kappa shape index (κ1) is 19.7. The molecule has 2 aromatic rings. The van der Waals surface area contributed by atoms with Gasteiger partial charge in [0, 0.05) is 31.0 Å². The Kier molecular flexibility index (Phi) is 7.15. The van der Waals surface area contributed by atoms with Crippen molar-refractivity contribution in [1.29, 1.82) is 5.26 Å². The number of carbonyl (C=O) groups excluding carboxylic acids is 2. The van der Waals surface area contributed by atoms with Gasteiger partial charge in [-0.1, -0.05) is 24.3 Å². The molecule has 2 amide bonds. The van der Waals surface area contributed by atoms with Gasteiger partial charge < -0.3 is 16.0 Å².